The van der Waals surface area contributed by atoms with E-state index in [0.717, 1.165) is 22.3 Å². The number of carbonyl (C=O) groups is 2. The van der Waals surface area contributed by atoms with Gasteiger partial charge in [0.15, 0.2) is 0 Å². The molecule has 1 N–H and O–H groups in total. The summed E-state index contributed by atoms with van der Waals surface area (Å²) in [6.45, 7) is 4.15. The number of esters is 1. The van der Waals surface area contributed by atoms with Gasteiger partial charge >= 0.3 is 5.97 Å². The zero-order valence-electron chi connectivity index (χ0n) is 22.0. The Labute approximate surface area is 228 Å². The molecule has 3 aromatic rings. The average Bonchev–Trinajstić information content (AvgIpc) is 3.17. The number of hydrogen-bond donors (Lipinski definition) is 1. The van der Waals surface area contributed by atoms with Gasteiger partial charge in [-0.05, 0) is 60.6 Å². The van der Waals surface area contributed by atoms with E-state index < -0.39 is 23.2 Å². The Kier molecular flexibility index (Phi) is 5.95. The molecule has 0 fully saturated rings. The summed E-state index contributed by atoms with van der Waals surface area (Å²) in [5.74, 6) is -2.24. The van der Waals surface area contributed by atoms with Crippen molar-refractivity contribution in [3.8, 4) is 6.07 Å². The lowest BCUT2D eigenvalue weighted by molar-refractivity contribution is -0.153. The zero-order chi connectivity index (χ0) is 27.3. The van der Waals surface area contributed by atoms with Crippen LogP contribution < -0.4 is 4.90 Å². The number of fused-ring (bicyclic) bond motifs is 5. The van der Waals surface area contributed by atoms with E-state index >= 15 is 0 Å². The molecule has 0 saturated heterocycles. The summed E-state index contributed by atoms with van der Waals surface area (Å²) in [5.41, 5.74) is 4.23. The second kappa shape index (κ2) is 9.36. The molecule has 1 amide bonds. The maximum Gasteiger partial charge on any atom is 0.311 e. The van der Waals surface area contributed by atoms with Gasteiger partial charge in [-0.3, -0.25) is 9.59 Å². The highest BCUT2D eigenvalue weighted by molar-refractivity contribution is 6.33. The van der Waals surface area contributed by atoms with Crippen LogP contribution in [0.25, 0.3) is 5.57 Å². The van der Waals surface area contributed by atoms with Crippen LogP contribution in [-0.4, -0.2) is 24.2 Å². The molecule has 194 valence electrons. The number of ether oxygens (including phenoxy) is 1. The standard InChI is InChI=1S/C33H29N3O3/c1-3-39-31(37)29-24-15-14-22-11-7-8-12-23(22)28(24)25(18-34)30(35)33(29)26-17-20(2)13-16-27(26)36(32(33)38)19-21-9-5-4-6-10-21/h4-13,16-17,24,29,35H,3,14-15,19H2,1-2H3/t24-,29-,33-/m0/s1. The molecule has 0 unspecified atom stereocenters. The van der Waals surface area contributed by atoms with Crippen molar-refractivity contribution < 1.29 is 14.3 Å². The van der Waals surface area contributed by atoms with Crippen LogP contribution in [0, 0.1) is 35.5 Å². The fourth-order valence-electron chi connectivity index (χ4n) is 6.89. The van der Waals surface area contributed by atoms with Gasteiger partial charge in [0.25, 0.3) is 0 Å². The van der Waals surface area contributed by atoms with E-state index in [-0.39, 0.29) is 23.8 Å². The molecular weight excluding hydrogens is 486 g/mol. The Hall–Kier alpha value is -4.50. The predicted molar refractivity (Wildman–Crippen MR) is 149 cm³/mol. The number of amides is 1. The minimum absolute atomic E-state index is 0.113. The third kappa shape index (κ3) is 3.50. The Morgan fingerprint density at radius 1 is 1.13 bits per heavy atom. The van der Waals surface area contributed by atoms with E-state index in [2.05, 4.69) is 6.07 Å². The number of benzene rings is 3. The number of nitriles is 1. The van der Waals surface area contributed by atoms with Crippen molar-refractivity contribution >= 4 is 28.8 Å². The summed E-state index contributed by atoms with van der Waals surface area (Å²) in [4.78, 5) is 30.5. The van der Waals surface area contributed by atoms with Crippen LogP contribution in [0.1, 0.15) is 41.2 Å². The summed E-state index contributed by atoms with van der Waals surface area (Å²) in [5, 5.41) is 20.1. The van der Waals surface area contributed by atoms with Crippen LogP contribution in [0.4, 0.5) is 5.69 Å². The summed E-state index contributed by atoms with van der Waals surface area (Å²) in [7, 11) is 0. The second-order valence-corrected chi connectivity index (χ2v) is 10.5. The maximum absolute atomic E-state index is 14.8. The topological polar surface area (TPSA) is 94.2 Å². The predicted octanol–water partition coefficient (Wildman–Crippen LogP) is 5.53. The van der Waals surface area contributed by atoms with Crippen LogP contribution in [0.5, 0.6) is 0 Å². The highest BCUT2D eigenvalue weighted by Crippen LogP contribution is 2.59. The summed E-state index contributed by atoms with van der Waals surface area (Å²) in [6.07, 6.45) is 1.30. The third-order valence-electron chi connectivity index (χ3n) is 8.47. The SMILES string of the molecule is CCOC(=O)[C@@H]1[C@H]2CCc3ccccc3C2=C(C#N)C(=N)[C@@]12C(=O)N(Cc1ccccc1)c1ccc(C)cc12. The van der Waals surface area contributed by atoms with Crippen molar-refractivity contribution in [3.05, 3.63) is 106 Å². The highest BCUT2D eigenvalue weighted by Gasteiger charge is 2.66. The molecule has 6 rings (SSSR count). The first kappa shape index (κ1) is 24.8. The second-order valence-electron chi connectivity index (χ2n) is 10.5. The fraction of sp³-hybridized carbons (Fsp3) is 0.273. The van der Waals surface area contributed by atoms with Gasteiger partial charge in [0, 0.05) is 11.6 Å². The average molecular weight is 516 g/mol. The Balaban J connectivity index is 1.64. The number of rotatable bonds is 4. The van der Waals surface area contributed by atoms with Gasteiger partial charge in [0.2, 0.25) is 5.91 Å². The van der Waals surface area contributed by atoms with Crippen LogP contribution in [0.3, 0.4) is 0 Å². The van der Waals surface area contributed by atoms with Crippen molar-refractivity contribution in [2.45, 2.75) is 38.6 Å². The number of nitrogens with zero attached hydrogens (tertiary/aromatic N) is 2. The first-order chi connectivity index (χ1) is 18.9. The number of carbonyl (C=O) groups excluding carboxylic acids is 2. The van der Waals surface area contributed by atoms with Gasteiger partial charge in [0.1, 0.15) is 11.5 Å². The van der Waals surface area contributed by atoms with E-state index in [1.165, 1.54) is 0 Å². The van der Waals surface area contributed by atoms with Crippen molar-refractivity contribution in [2.75, 3.05) is 11.5 Å². The molecule has 1 aliphatic heterocycles. The number of aryl methyl sites for hydroxylation is 2. The summed E-state index contributed by atoms with van der Waals surface area (Å²) >= 11 is 0. The quantitative estimate of drug-likeness (QED) is 0.462. The molecule has 6 nitrogen and oxygen atoms in total. The minimum atomic E-state index is -1.64. The Morgan fingerprint density at radius 2 is 1.87 bits per heavy atom. The van der Waals surface area contributed by atoms with Gasteiger partial charge in [0.05, 0.1) is 30.4 Å². The zero-order valence-corrected chi connectivity index (χ0v) is 22.0. The van der Waals surface area contributed by atoms with Crippen molar-refractivity contribution in [2.24, 2.45) is 11.8 Å². The molecule has 39 heavy (non-hydrogen) atoms. The number of nitrogens with one attached hydrogen (secondary N) is 1. The molecule has 6 heteroatoms. The monoisotopic (exact) mass is 515 g/mol. The molecule has 0 saturated carbocycles. The molecule has 1 heterocycles. The molecule has 0 aromatic heterocycles. The molecule has 1 spiro atoms. The van der Waals surface area contributed by atoms with Crippen molar-refractivity contribution in [3.63, 3.8) is 0 Å². The van der Waals surface area contributed by atoms with Crippen LogP contribution in [0.2, 0.25) is 0 Å². The Morgan fingerprint density at radius 3 is 2.62 bits per heavy atom. The lowest BCUT2D eigenvalue weighted by Gasteiger charge is -2.46. The number of allylic oxidation sites excluding steroid dienone is 2. The van der Waals surface area contributed by atoms with Gasteiger partial charge in [-0.2, -0.15) is 5.26 Å². The summed E-state index contributed by atoms with van der Waals surface area (Å²) < 4.78 is 5.66. The molecule has 3 aliphatic rings. The van der Waals surface area contributed by atoms with Gasteiger partial charge in [-0.1, -0.05) is 72.3 Å². The van der Waals surface area contributed by atoms with E-state index in [0.29, 0.717) is 36.2 Å². The smallest absolute Gasteiger partial charge is 0.311 e. The largest absolute Gasteiger partial charge is 0.466 e. The number of anilines is 1. The fourth-order valence-corrected chi connectivity index (χ4v) is 6.89. The normalized spacial score (nSPS) is 23.3. The molecule has 0 bridgehead atoms. The lowest BCUT2D eigenvalue weighted by Crippen LogP contribution is -2.59. The van der Waals surface area contributed by atoms with Crippen LogP contribution in [-0.2, 0) is 32.7 Å². The first-order valence-corrected chi connectivity index (χ1v) is 13.4. The number of hydrogen-bond acceptors (Lipinski definition) is 5. The maximum atomic E-state index is 14.8. The molecular formula is C33H29N3O3. The van der Waals surface area contributed by atoms with Crippen molar-refractivity contribution in [1.29, 1.82) is 10.7 Å². The van der Waals surface area contributed by atoms with Gasteiger partial charge < -0.3 is 15.0 Å². The lowest BCUT2D eigenvalue weighted by atomic mass is 9.53. The summed E-state index contributed by atoms with van der Waals surface area (Å²) in [6, 6.07) is 25.6. The molecule has 3 atom stereocenters. The molecule has 0 radical (unpaired) electrons. The third-order valence-corrected chi connectivity index (χ3v) is 8.47. The Bertz CT molecular complexity index is 1600. The molecule has 2 aliphatic carbocycles. The first-order valence-electron chi connectivity index (χ1n) is 13.4. The van der Waals surface area contributed by atoms with Crippen LogP contribution >= 0.6 is 0 Å². The molecule has 3 aromatic carbocycles. The van der Waals surface area contributed by atoms with Gasteiger partial charge in [-0.25, -0.2) is 0 Å². The van der Waals surface area contributed by atoms with E-state index in [9.17, 15) is 20.3 Å². The van der Waals surface area contributed by atoms with E-state index in [1.807, 2.05) is 79.7 Å². The van der Waals surface area contributed by atoms with Gasteiger partial charge in [-0.15, -0.1) is 0 Å². The highest BCUT2D eigenvalue weighted by atomic mass is 16.5. The van der Waals surface area contributed by atoms with E-state index in [1.54, 1.807) is 11.8 Å². The van der Waals surface area contributed by atoms with Crippen molar-refractivity contribution in [1.82, 2.24) is 0 Å². The minimum Gasteiger partial charge on any atom is -0.466 e. The van der Waals surface area contributed by atoms with E-state index in [4.69, 9.17) is 4.74 Å². The van der Waals surface area contributed by atoms with Crippen LogP contribution in [0.15, 0.2) is 78.4 Å².